The first kappa shape index (κ1) is 11.6. The van der Waals surface area contributed by atoms with Crippen molar-refractivity contribution in [3.05, 3.63) is 11.4 Å². The van der Waals surface area contributed by atoms with Crippen LogP contribution in [0, 0.1) is 5.92 Å². The summed E-state index contributed by atoms with van der Waals surface area (Å²) in [6.45, 7) is 5.07. The number of hydrogen-bond donors (Lipinski definition) is 2. The van der Waals surface area contributed by atoms with Crippen molar-refractivity contribution in [3.8, 4) is 0 Å². The third kappa shape index (κ3) is 1.78. The van der Waals surface area contributed by atoms with Crippen LogP contribution in [0.5, 0.6) is 0 Å². The highest BCUT2D eigenvalue weighted by atomic mass is 16.2. The van der Waals surface area contributed by atoms with Crippen LogP contribution in [0.15, 0.2) is 0 Å². The maximum absolute atomic E-state index is 12.4. The van der Waals surface area contributed by atoms with Gasteiger partial charge in [-0.05, 0) is 32.1 Å². The number of aromatic nitrogens is 2. The van der Waals surface area contributed by atoms with E-state index in [1.165, 1.54) is 0 Å². The van der Waals surface area contributed by atoms with Crippen molar-refractivity contribution in [3.63, 3.8) is 0 Å². The third-order valence-corrected chi connectivity index (χ3v) is 4.07. The van der Waals surface area contributed by atoms with Crippen LogP contribution >= 0.6 is 0 Å². The summed E-state index contributed by atoms with van der Waals surface area (Å²) in [4.78, 5) is 14.3. The van der Waals surface area contributed by atoms with Gasteiger partial charge in [0.25, 0.3) is 5.91 Å². The lowest BCUT2D eigenvalue weighted by Crippen LogP contribution is -2.34. The molecule has 3 rings (SSSR count). The normalized spacial score (nSPS) is 27.8. The van der Waals surface area contributed by atoms with E-state index in [2.05, 4.69) is 24.0 Å². The van der Waals surface area contributed by atoms with Crippen molar-refractivity contribution in [2.24, 2.45) is 5.92 Å². The standard InChI is InChI=1S/C13H20N4O/c1-7-5-8(2)17(6-7)13(18)12-10(14)11(15-16-12)9-3-4-9/h7-9H,3-6,14H2,1-2H3,(H,15,16). The van der Waals surface area contributed by atoms with E-state index in [1.807, 2.05) is 4.90 Å². The number of carbonyl (C=O) groups is 1. The third-order valence-electron chi connectivity index (χ3n) is 4.07. The van der Waals surface area contributed by atoms with E-state index < -0.39 is 0 Å². The van der Waals surface area contributed by atoms with Gasteiger partial charge in [-0.15, -0.1) is 0 Å². The van der Waals surface area contributed by atoms with Crippen molar-refractivity contribution < 1.29 is 4.79 Å². The van der Waals surface area contributed by atoms with Gasteiger partial charge in [-0.2, -0.15) is 5.10 Å². The molecule has 5 heteroatoms. The molecule has 0 spiro atoms. The number of aromatic amines is 1. The van der Waals surface area contributed by atoms with Crippen molar-refractivity contribution in [1.29, 1.82) is 0 Å². The zero-order chi connectivity index (χ0) is 12.9. The Kier molecular flexibility index (Phi) is 2.57. The average Bonchev–Trinajstić information content (AvgIpc) is 3.01. The number of hydrogen-bond acceptors (Lipinski definition) is 3. The number of nitrogens with two attached hydrogens (primary N) is 1. The highest BCUT2D eigenvalue weighted by Crippen LogP contribution is 2.42. The lowest BCUT2D eigenvalue weighted by molar-refractivity contribution is 0.0739. The number of nitrogens with one attached hydrogen (secondary N) is 1. The quantitative estimate of drug-likeness (QED) is 0.837. The number of anilines is 1. The summed E-state index contributed by atoms with van der Waals surface area (Å²) in [5.41, 5.74) is 7.99. The Morgan fingerprint density at radius 2 is 2.17 bits per heavy atom. The molecular weight excluding hydrogens is 228 g/mol. The van der Waals surface area contributed by atoms with E-state index in [4.69, 9.17) is 5.73 Å². The van der Waals surface area contributed by atoms with Gasteiger partial charge >= 0.3 is 0 Å². The number of nitrogen functional groups attached to an aromatic ring is 1. The minimum Gasteiger partial charge on any atom is -0.395 e. The van der Waals surface area contributed by atoms with Crippen LogP contribution < -0.4 is 5.73 Å². The van der Waals surface area contributed by atoms with E-state index in [9.17, 15) is 4.79 Å². The Balaban J connectivity index is 1.84. The molecule has 2 fully saturated rings. The Labute approximate surface area is 107 Å². The van der Waals surface area contributed by atoms with E-state index in [1.54, 1.807) is 0 Å². The summed E-state index contributed by atoms with van der Waals surface area (Å²) in [5.74, 6) is 1.04. The molecule has 0 aromatic carbocycles. The molecule has 0 bridgehead atoms. The van der Waals surface area contributed by atoms with Crippen molar-refractivity contribution in [1.82, 2.24) is 15.1 Å². The Hall–Kier alpha value is -1.52. The predicted molar refractivity (Wildman–Crippen MR) is 69.3 cm³/mol. The molecule has 1 aliphatic carbocycles. The van der Waals surface area contributed by atoms with Gasteiger partial charge in [0.2, 0.25) is 0 Å². The number of likely N-dealkylation sites (tertiary alicyclic amines) is 1. The second-order valence-corrected chi connectivity index (χ2v) is 5.82. The minimum absolute atomic E-state index is 0.0208. The molecule has 1 saturated heterocycles. The molecule has 1 saturated carbocycles. The first-order valence-corrected chi connectivity index (χ1v) is 6.72. The summed E-state index contributed by atoms with van der Waals surface area (Å²) in [7, 11) is 0. The molecule has 98 valence electrons. The number of carbonyl (C=O) groups excluding carboxylic acids is 1. The van der Waals surface area contributed by atoms with Gasteiger partial charge in [0.1, 0.15) is 0 Å². The van der Waals surface area contributed by atoms with Crippen LogP contribution in [0.25, 0.3) is 0 Å². The van der Waals surface area contributed by atoms with Gasteiger partial charge in [0.15, 0.2) is 5.69 Å². The van der Waals surface area contributed by atoms with Gasteiger partial charge in [-0.25, -0.2) is 0 Å². The summed E-state index contributed by atoms with van der Waals surface area (Å²) >= 11 is 0. The smallest absolute Gasteiger partial charge is 0.276 e. The van der Waals surface area contributed by atoms with Crippen LogP contribution in [-0.4, -0.2) is 33.6 Å². The zero-order valence-electron chi connectivity index (χ0n) is 10.9. The zero-order valence-corrected chi connectivity index (χ0v) is 10.9. The molecule has 2 heterocycles. The highest BCUT2D eigenvalue weighted by molar-refractivity contribution is 5.98. The first-order valence-electron chi connectivity index (χ1n) is 6.72. The van der Waals surface area contributed by atoms with Crippen molar-refractivity contribution in [2.45, 2.75) is 45.1 Å². The summed E-state index contributed by atoms with van der Waals surface area (Å²) < 4.78 is 0. The monoisotopic (exact) mass is 248 g/mol. The van der Waals surface area contributed by atoms with Crippen LogP contribution in [0.1, 0.15) is 55.2 Å². The van der Waals surface area contributed by atoms with Crippen LogP contribution in [0.2, 0.25) is 0 Å². The first-order chi connectivity index (χ1) is 8.58. The fourth-order valence-electron chi connectivity index (χ4n) is 2.93. The molecule has 1 aromatic rings. The summed E-state index contributed by atoms with van der Waals surface area (Å²) in [6.07, 6.45) is 3.36. The summed E-state index contributed by atoms with van der Waals surface area (Å²) in [6, 6.07) is 0.285. The maximum Gasteiger partial charge on any atom is 0.276 e. The van der Waals surface area contributed by atoms with E-state index in [-0.39, 0.29) is 11.9 Å². The molecule has 5 nitrogen and oxygen atoms in total. The molecule has 1 aliphatic heterocycles. The van der Waals surface area contributed by atoms with Gasteiger partial charge in [-0.3, -0.25) is 9.89 Å². The molecule has 1 amide bonds. The maximum atomic E-state index is 12.4. The SMILES string of the molecule is CC1CC(C)N(C(=O)c2n[nH]c(C3CC3)c2N)C1. The van der Waals surface area contributed by atoms with Crippen LogP contribution in [-0.2, 0) is 0 Å². The van der Waals surface area contributed by atoms with E-state index in [0.717, 1.165) is 31.5 Å². The largest absolute Gasteiger partial charge is 0.395 e. The van der Waals surface area contributed by atoms with Gasteiger partial charge < -0.3 is 10.6 Å². The topological polar surface area (TPSA) is 75.0 Å². The van der Waals surface area contributed by atoms with Crippen molar-refractivity contribution in [2.75, 3.05) is 12.3 Å². The van der Waals surface area contributed by atoms with E-state index in [0.29, 0.717) is 23.2 Å². The second-order valence-electron chi connectivity index (χ2n) is 5.82. The number of rotatable bonds is 2. The molecule has 2 atom stereocenters. The molecule has 1 aromatic heterocycles. The lowest BCUT2D eigenvalue weighted by atomic mass is 10.1. The minimum atomic E-state index is -0.0208. The molecule has 2 aliphatic rings. The van der Waals surface area contributed by atoms with E-state index >= 15 is 0 Å². The summed E-state index contributed by atoms with van der Waals surface area (Å²) in [5, 5.41) is 7.08. The molecular formula is C13H20N4O. The fraction of sp³-hybridized carbons (Fsp3) is 0.692. The fourth-order valence-corrected chi connectivity index (χ4v) is 2.93. The van der Waals surface area contributed by atoms with Gasteiger partial charge in [0, 0.05) is 18.5 Å². The van der Waals surface area contributed by atoms with Gasteiger partial charge in [0.05, 0.1) is 11.4 Å². The Morgan fingerprint density at radius 3 is 2.72 bits per heavy atom. The van der Waals surface area contributed by atoms with Gasteiger partial charge in [-0.1, -0.05) is 6.92 Å². The van der Waals surface area contributed by atoms with Crippen LogP contribution in [0.4, 0.5) is 5.69 Å². The Morgan fingerprint density at radius 1 is 1.44 bits per heavy atom. The average molecular weight is 248 g/mol. The lowest BCUT2D eigenvalue weighted by Gasteiger charge is -2.20. The Bertz CT molecular complexity index is 477. The second kappa shape index (κ2) is 4.00. The predicted octanol–water partition coefficient (Wildman–Crippen LogP) is 1.74. The number of H-pyrrole nitrogens is 1. The molecule has 18 heavy (non-hydrogen) atoms. The van der Waals surface area contributed by atoms with Crippen LogP contribution in [0.3, 0.4) is 0 Å². The molecule has 2 unspecified atom stereocenters. The highest BCUT2D eigenvalue weighted by Gasteiger charge is 2.35. The number of amides is 1. The van der Waals surface area contributed by atoms with Crippen molar-refractivity contribution >= 4 is 11.6 Å². The number of nitrogens with zero attached hydrogens (tertiary/aromatic N) is 2. The molecule has 3 N–H and O–H groups in total. The molecule has 0 radical (unpaired) electrons.